The molecule has 3 aliphatic rings. The molecule has 1 aromatic carbocycles. The largest absolute Gasteiger partial charge is 0.485 e. The molecule has 0 bridgehead atoms. The minimum Gasteiger partial charge on any atom is -0.485 e. The van der Waals surface area contributed by atoms with Crippen LogP contribution in [-0.4, -0.2) is 53.4 Å². The van der Waals surface area contributed by atoms with E-state index in [9.17, 15) is 9.59 Å². The first kappa shape index (κ1) is 17.7. The third-order valence-corrected chi connectivity index (χ3v) is 6.16. The topological polar surface area (TPSA) is 49.9 Å². The van der Waals surface area contributed by atoms with Crippen molar-refractivity contribution in [2.24, 2.45) is 5.92 Å². The van der Waals surface area contributed by atoms with E-state index in [-0.39, 0.29) is 23.8 Å². The van der Waals surface area contributed by atoms with Crippen molar-refractivity contribution >= 4 is 23.4 Å². The van der Waals surface area contributed by atoms with Gasteiger partial charge in [-0.3, -0.25) is 9.59 Å². The van der Waals surface area contributed by atoms with Crippen LogP contribution in [0.25, 0.3) is 0 Å². The second-order valence-electron chi connectivity index (χ2n) is 7.63. The molecule has 2 saturated heterocycles. The Bertz CT molecular complexity index is 683. The van der Waals surface area contributed by atoms with Crippen LogP contribution < -0.4 is 4.74 Å². The van der Waals surface area contributed by atoms with Gasteiger partial charge in [-0.25, -0.2) is 0 Å². The number of nitrogens with zero attached hydrogens (tertiary/aromatic N) is 2. The first-order valence-corrected chi connectivity index (χ1v) is 9.99. The van der Waals surface area contributed by atoms with Gasteiger partial charge in [-0.15, -0.1) is 0 Å². The maximum Gasteiger partial charge on any atom is 0.227 e. The van der Waals surface area contributed by atoms with E-state index in [0.29, 0.717) is 49.3 Å². The molecule has 1 unspecified atom stereocenters. The highest BCUT2D eigenvalue weighted by molar-refractivity contribution is 6.32. The zero-order valence-corrected chi connectivity index (χ0v) is 15.7. The summed E-state index contributed by atoms with van der Waals surface area (Å²) in [5.74, 6) is 1.00. The van der Waals surface area contributed by atoms with Crippen LogP contribution in [0.3, 0.4) is 0 Å². The molecule has 0 spiro atoms. The fourth-order valence-electron chi connectivity index (χ4n) is 4.31. The molecule has 2 heterocycles. The molecule has 0 N–H and O–H groups in total. The van der Waals surface area contributed by atoms with Crippen molar-refractivity contribution in [3.05, 3.63) is 29.3 Å². The normalized spacial score (nSPS) is 24.7. The van der Waals surface area contributed by atoms with E-state index in [1.54, 1.807) is 6.07 Å². The quantitative estimate of drug-likeness (QED) is 0.811. The zero-order chi connectivity index (χ0) is 18.1. The molecule has 1 aliphatic carbocycles. The van der Waals surface area contributed by atoms with E-state index in [0.717, 1.165) is 12.8 Å². The lowest BCUT2D eigenvalue weighted by molar-refractivity contribution is -0.150. The van der Waals surface area contributed by atoms with E-state index in [1.165, 1.54) is 12.8 Å². The van der Waals surface area contributed by atoms with Crippen molar-refractivity contribution in [1.29, 1.82) is 0 Å². The second-order valence-corrected chi connectivity index (χ2v) is 8.04. The summed E-state index contributed by atoms with van der Waals surface area (Å²) < 4.78 is 5.88. The van der Waals surface area contributed by atoms with Gasteiger partial charge in [0.05, 0.1) is 24.0 Å². The Morgan fingerprint density at radius 1 is 1.08 bits per heavy atom. The van der Waals surface area contributed by atoms with Crippen LogP contribution in [0.4, 0.5) is 0 Å². The maximum atomic E-state index is 12.8. The molecule has 1 atom stereocenters. The Morgan fingerprint density at radius 3 is 2.54 bits per heavy atom. The summed E-state index contributed by atoms with van der Waals surface area (Å²) in [4.78, 5) is 28.9. The fourth-order valence-corrected chi connectivity index (χ4v) is 4.49. The molecule has 1 saturated carbocycles. The predicted molar refractivity (Wildman–Crippen MR) is 99.1 cm³/mol. The lowest BCUT2D eigenvalue weighted by atomic mass is 9.93. The number of rotatable bonds is 4. The van der Waals surface area contributed by atoms with Crippen LogP contribution in [0.15, 0.2) is 24.3 Å². The second kappa shape index (κ2) is 7.47. The highest BCUT2D eigenvalue weighted by Crippen LogP contribution is 2.31. The van der Waals surface area contributed by atoms with Gasteiger partial charge in [-0.05, 0) is 31.4 Å². The third-order valence-electron chi connectivity index (χ3n) is 5.85. The summed E-state index contributed by atoms with van der Waals surface area (Å²) >= 11 is 6.12. The molecule has 0 aromatic heterocycles. The summed E-state index contributed by atoms with van der Waals surface area (Å²) in [6, 6.07) is 7.76. The predicted octanol–water partition coefficient (Wildman–Crippen LogP) is 3.11. The molecule has 2 aliphatic heterocycles. The average Bonchev–Trinajstić information content (AvgIpc) is 3.13. The third kappa shape index (κ3) is 3.54. The lowest BCUT2D eigenvalue weighted by Crippen LogP contribution is -2.59. The number of carbonyl (C=O) groups is 2. The van der Waals surface area contributed by atoms with Gasteiger partial charge in [0.1, 0.15) is 11.9 Å². The number of halogens is 1. The Morgan fingerprint density at radius 2 is 1.81 bits per heavy atom. The summed E-state index contributed by atoms with van der Waals surface area (Å²) in [6.07, 6.45) is 5.73. The Kier molecular flexibility index (Phi) is 5.07. The summed E-state index contributed by atoms with van der Waals surface area (Å²) in [7, 11) is 0. The lowest BCUT2D eigenvalue weighted by Gasteiger charge is -2.43. The highest BCUT2D eigenvalue weighted by Gasteiger charge is 2.40. The van der Waals surface area contributed by atoms with Gasteiger partial charge in [-0.2, -0.15) is 0 Å². The number of piperidine rings is 1. The van der Waals surface area contributed by atoms with Crippen LogP contribution in [-0.2, 0) is 9.59 Å². The molecule has 2 amide bonds. The van der Waals surface area contributed by atoms with Gasteiger partial charge in [0, 0.05) is 19.0 Å². The van der Waals surface area contributed by atoms with Gasteiger partial charge in [0.15, 0.2) is 0 Å². The molecule has 26 heavy (non-hydrogen) atoms. The van der Waals surface area contributed by atoms with E-state index in [2.05, 4.69) is 0 Å². The Labute approximate surface area is 159 Å². The van der Waals surface area contributed by atoms with Crippen molar-refractivity contribution in [3.8, 4) is 5.75 Å². The molecular weight excluding hydrogens is 352 g/mol. The van der Waals surface area contributed by atoms with Crippen LogP contribution in [0.5, 0.6) is 5.75 Å². The molecule has 140 valence electrons. The molecule has 0 radical (unpaired) electrons. The summed E-state index contributed by atoms with van der Waals surface area (Å²) in [5, 5.41) is 0.593. The minimum absolute atomic E-state index is 0.00462. The molecule has 5 nitrogen and oxygen atoms in total. The fraction of sp³-hybridized carbons (Fsp3) is 0.600. The zero-order valence-electron chi connectivity index (χ0n) is 14.9. The number of benzene rings is 1. The highest BCUT2D eigenvalue weighted by atomic mass is 35.5. The molecular formula is C20H25ClN2O3. The smallest absolute Gasteiger partial charge is 0.227 e. The number of amides is 2. The van der Waals surface area contributed by atoms with E-state index in [4.69, 9.17) is 16.3 Å². The standard InChI is InChI=1S/C20H25ClN2O3/c21-17-7-3-4-8-18(17)26-16-12-22(13-16)20(25)14-9-10-19(24)23(11-14)15-5-1-2-6-15/h3-4,7-8,14-16H,1-2,5-6,9-13H2. The van der Waals surface area contributed by atoms with Crippen molar-refractivity contribution in [3.63, 3.8) is 0 Å². The van der Waals surface area contributed by atoms with Crippen molar-refractivity contribution < 1.29 is 14.3 Å². The van der Waals surface area contributed by atoms with Crippen LogP contribution in [0.2, 0.25) is 5.02 Å². The van der Waals surface area contributed by atoms with Gasteiger partial charge in [0.2, 0.25) is 11.8 Å². The first-order chi connectivity index (χ1) is 12.6. The Hall–Kier alpha value is -1.75. The number of hydrogen-bond acceptors (Lipinski definition) is 3. The molecule has 1 aromatic rings. The monoisotopic (exact) mass is 376 g/mol. The van der Waals surface area contributed by atoms with E-state index < -0.39 is 0 Å². The van der Waals surface area contributed by atoms with E-state index >= 15 is 0 Å². The molecule has 3 fully saturated rings. The van der Waals surface area contributed by atoms with Gasteiger partial charge < -0.3 is 14.5 Å². The van der Waals surface area contributed by atoms with E-state index in [1.807, 2.05) is 28.0 Å². The number of para-hydroxylation sites is 1. The SMILES string of the molecule is O=C(C1CCC(=O)N(C2CCCC2)C1)N1CC(Oc2ccccc2Cl)C1. The minimum atomic E-state index is -0.0606. The molecule has 4 rings (SSSR count). The van der Waals surface area contributed by atoms with Gasteiger partial charge in [-0.1, -0.05) is 36.6 Å². The van der Waals surface area contributed by atoms with Crippen molar-refractivity contribution in [1.82, 2.24) is 9.80 Å². The van der Waals surface area contributed by atoms with Crippen LogP contribution >= 0.6 is 11.6 Å². The average molecular weight is 377 g/mol. The number of likely N-dealkylation sites (tertiary alicyclic amines) is 2. The summed E-state index contributed by atoms with van der Waals surface area (Å²) in [6.45, 7) is 1.78. The number of ether oxygens (including phenoxy) is 1. The number of hydrogen-bond donors (Lipinski definition) is 0. The maximum absolute atomic E-state index is 12.8. The molecule has 6 heteroatoms. The number of carbonyl (C=O) groups excluding carboxylic acids is 2. The van der Waals surface area contributed by atoms with Crippen LogP contribution in [0, 0.1) is 5.92 Å². The van der Waals surface area contributed by atoms with Gasteiger partial charge >= 0.3 is 0 Å². The Balaban J connectivity index is 1.30. The van der Waals surface area contributed by atoms with Crippen LogP contribution in [0.1, 0.15) is 38.5 Å². The first-order valence-electron chi connectivity index (χ1n) is 9.61. The van der Waals surface area contributed by atoms with Crippen molar-refractivity contribution in [2.45, 2.75) is 50.7 Å². The van der Waals surface area contributed by atoms with Crippen molar-refractivity contribution in [2.75, 3.05) is 19.6 Å². The van der Waals surface area contributed by atoms with Gasteiger partial charge in [0.25, 0.3) is 0 Å². The summed E-state index contributed by atoms with van der Waals surface area (Å²) in [5.41, 5.74) is 0.